The number of aromatic nitrogens is 2. The highest BCUT2D eigenvalue weighted by molar-refractivity contribution is 6.39. The lowest BCUT2D eigenvalue weighted by Crippen LogP contribution is -1.94. The molecular formula is C14H13Cl2N3O2. The van der Waals surface area contributed by atoms with E-state index in [0.29, 0.717) is 27.1 Å². The number of rotatable bonds is 4. The van der Waals surface area contributed by atoms with E-state index >= 15 is 0 Å². The molecule has 0 aliphatic heterocycles. The summed E-state index contributed by atoms with van der Waals surface area (Å²) in [5.74, 6) is 1.17. The van der Waals surface area contributed by atoms with E-state index in [1.807, 2.05) is 0 Å². The molecule has 1 aromatic carbocycles. The van der Waals surface area contributed by atoms with Gasteiger partial charge < -0.3 is 15.2 Å². The number of hydrogen-bond donors (Lipinski definition) is 1. The summed E-state index contributed by atoms with van der Waals surface area (Å²) in [6.07, 6.45) is 6.70. The number of ether oxygens (including phenoxy) is 2. The van der Waals surface area contributed by atoms with E-state index in [4.69, 9.17) is 38.4 Å². The van der Waals surface area contributed by atoms with Crippen molar-refractivity contribution in [1.29, 1.82) is 0 Å². The van der Waals surface area contributed by atoms with E-state index < -0.39 is 0 Å². The van der Waals surface area contributed by atoms with Crippen LogP contribution in [0.15, 0.2) is 18.5 Å². The molecule has 0 atom stereocenters. The second kappa shape index (κ2) is 6.65. The van der Waals surface area contributed by atoms with E-state index in [2.05, 4.69) is 9.97 Å². The summed E-state index contributed by atoms with van der Waals surface area (Å²) < 4.78 is 10.4. The standard InChI is InChI=1S/C14H13Cl2N3O2/c1-20-10-5-11(21-2)13(16)9(12(10)15)4-3-8-6-18-14(17)19-7-8/h3-7H,1-2H3,(H2,17,18,19)/b4-3+. The summed E-state index contributed by atoms with van der Waals surface area (Å²) in [5, 5.41) is 0.798. The highest BCUT2D eigenvalue weighted by atomic mass is 35.5. The number of anilines is 1. The number of methoxy groups -OCH3 is 2. The van der Waals surface area contributed by atoms with Crippen molar-refractivity contribution in [2.24, 2.45) is 0 Å². The van der Waals surface area contributed by atoms with Crippen LogP contribution in [0.3, 0.4) is 0 Å². The summed E-state index contributed by atoms with van der Waals surface area (Å²) in [4.78, 5) is 7.81. The van der Waals surface area contributed by atoms with Crippen molar-refractivity contribution in [3.05, 3.63) is 39.6 Å². The van der Waals surface area contributed by atoms with Gasteiger partial charge in [0.1, 0.15) is 11.5 Å². The molecule has 1 heterocycles. The molecule has 0 unspecified atom stereocenters. The maximum atomic E-state index is 6.27. The Bertz CT molecular complexity index is 645. The highest BCUT2D eigenvalue weighted by Crippen LogP contribution is 2.41. The maximum absolute atomic E-state index is 6.27. The molecule has 2 N–H and O–H groups in total. The SMILES string of the molecule is COc1cc(OC)c(Cl)c(/C=C/c2cnc(N)nc2)c1Cl. The Morgan fingerprint density at radius 2 is 1.52 bits per heavy atom. The molecule has 0 saturated heterocycles. The molecule has 0 bridgehead atoms. The first-order valence-electron chi connectivity index (χ1n) is 5.92. The van der Waals surface area contributed by atoms with Gasteiger partial charge in [0, 0.05) is 29.6 Å². The van der Waals surface area contributed by atoms with Gasteiger partial charge in [0.05, 0.1) is 24.3 Å². The van der Waals surface area contributed by atoms with E-state index in [1.54, 1.807) is 30.6 Å². The van der Waals surface area contributed by atoms with Crippen LogP contribution in [0.25, 0.3) is 12.2 Å². The van der Waals surface area contributed by atoms with E-state index in [9.17, 15) is 0 Å². The Morgan fingerprint density at radius 3 is 2.00 bits per heavy atom. The van der Waals surface area contributed by atoms with Gasteiger partial charge in [-0.25, -0.2) is 9.97 Å². The van der Waals surface area contributed by atoms with E-state index in [-0.39, 0.29) is 5.95 Å². The van der Waals surface area contributed by atoms with Crippen LogP contribution in [-0.4, -0.2) is 24.2 Å². The molecule has 2 rings (SSSR count). The van der Waals surface area contributed by atoms with Gasteiger partial charge in [0.25, 0.3) is 0 Å². The zero-order valence-corrected chi connectivity index (χ0v) is 12.9. The van der Waals surface area contributed by atoms with Crippen molar-refractivity contribution in [2.45, 2.75) is 0 Å². The van der Waals surface area contributed by atoms with Crippen LogP contribution < -0.4 is 15.2 Å². The number of halogens is 2. The maximum Gasteiger partial charge on any atom is 0.219 e. The zero-order valence-electron chi connectivity index (χ0n) is 11.4. The molecule has 2 aromatic rings. The largest absolute Gasteiger partial charge is 0.495 e. The minimum Gasteiger partial charge on any atom is -0.495 e. The molecule has 0 saturated carbocycles. The third-order valence-corrected chi connectivity index (χ3v) is 3.52. The molecular weight excluding hydrogens is 313 g/mol. The molecule has 0 aliphatic rings. The fraction of sp³-hybridized carbons (Fsp3) is 0.143. The summed E-state index contributed by atoms with van der Waals surface area (Å²) in [6.45, 7) is 0. The molecule has 0 radical (unpaired) electrons. The van der Waals surface area contributed by atoms with Crippen LogP contribution in [0.1, 0.15) is 11.1 Å². The smallest absolute Gasteiger partial charge is 0.219 e. The molecule has 21 heavy (non-hydrogen) atoms. The lowest BCUT2D eigenvalue weighted by atomic mass is 10.1. The first-order valence-corrected chi connectivity index (χ1v) is 6.68. The van der Waals surface area contributed by atoms with E-state index in [1.165, 1.54) is 14.2 Å². The minimum atomic E-state index is 0.214. The summed E-state index contributed by atoms with van der Waals surface area (Å²) in [6, 6.07) is 1.63. The number of hydrogen-bond acceptors (Lipinski definition) is 5. The van der Waals surface area contributed by atoms with Crippen molar-refractivity contribution >= 4 is 41.3 Å². The molecule has 0 aliphatic carbocycles. The second-order valence-corrected chi connectivity index (χ2v) is 4.79. The minimum absolute atomic E-state index is 0.214. The fourth-order valence-corrected chi connectivity index (χ4v) is 2.29. The van der Waals surface area contributed by atoms with Crippen molar-refractivity contribution in [2.75, 3.05) is 20.0 Å². The van der Waals surface area contributed by atoms with Crippen LogP contribution >= 0.6 is 23.2 Å². The lowest BCUT2D eigenvalue weighted by molar-refractivity contribution is 0.394. The monoisotopic (exact) mass is 325 g/mol. The summed E-state index contributed by atoms with van der Waals surface area (Å²) in [5.41, 5.74) is 6.79. The Kier molecular flexibility index (Phi) is 4.88. The second-order valence-electron chi connectivity index (χ2n) is 4.03. The Labute approximate surface area is 132 Å². The predicted octanol–water partition coefficient (Wildman–Crippen LogP) is 3.55. The summed E-state index contributed by atoms with van der Waals surface area (Å²) in [7, 11) is 3.05. The number of nitrogens with zero attached hydrogens (tertiary/aromatic N) is 2. The first kappa shape index (κ1) is 15.4. The van der Waals surface area contributed by atoms with Gasteiger partial charge in [0.2, 0.25) is 5.95 Å². The molecule has 1 aromatic heterocycles. The topological polar surface area (TPSA) is 70.3 Å². The van der Waals surface area contributed by atoms with Crippen LogP contribution in [0.2, 0.25) is 10.0 Å². The average Bonchev–Trinajstić information content (AvgIpc) is 2.49. The normalized spacial score (nSPS) is 10.9. The highest BCUT2D eigenvalue weighted by Gasteiger charge is 2.15. The number of nitrogen functional groups attached to an aromatic ring is 1. The van der Waals surface area contributed by atoms with Crippen LogP contribution in [0.5, 0.6) is 11.5 Å². The Hall–Kier alpha value is -1.98. The van der Waals surface area contributed by atoms with Gasteiger partial charge in [-0.05, 0) is 0 Å². The average molecular weight is 326 g/mol. The fourth-order valence-electron chi connectivity index (χ4n) is 1.66. The van der Waals surface area contributed by atoms with Crippen LogP contribution in [0.4, 0.5) is 5.95 Å². The molecule has 0 amide bonds. The lowest BCUT2D eigenvalue weighted by Gasteiger charge is -2.12. The summed E-state index contributed by atoms with van der Waals surface area (Å²) >= 11 is 12.5. The quantitative estimate of drug-likeness (QED) is 0.930. The van der Waals surface area contributed by atoms with Crippen molar-refractivity contribution in [1.82, 2.24) is 9.97 Å². The molecule has 0 fully saturated rings. The van der Waals surface area contributed by atoms with Crippen molar-refractivity contribution < 1.29 is 9.47 Å². The van der Waals surface area contributed by atoms with Gasteiger partial charge in [0.15, 0.2) is 0 Å². The van der Waals surface area contributed by atoms with Gasteiger partial charge in [-0.1, -0.05) is 35.4 Å². The van der Waals surface area contributed by atoms with E-state index in [0.717, 1.165) is 5.56 Å². The Balaban J connectivity index is 2.45. The van der Waals surface area contributed by atoms with Crippen molar-refractivity contribution in [3.63, 3.8) is 0 Å². The number of nitrogens with two attached hydrogens (primary N) is 1. The molecule has 7 heteroatoms. The van der Waals surface area contributed by atoms with Gasteiger partial charge >= 0.3 is 0 Å². The molecule has 5 nitrogen and oxygen atoms in total. The van der Waals surface area contributed by atoms with Gasteiger partial charge in [-0.3, -0.25) is 0 Å². The predicted molar refractivity (Wildman–Crippen MR) is 84.9 cm³/mol. The first-order chi connectivity index (χ1) is 10.1. The van der Waals surface area contributed by atoms with Crippen LogP contribution in [-0.2, 0) is 0 Å². The van der Waals surface area contributed by atoms with Crippen LogP contribution in [0, 0.1) is 0 Å². The molecule has 110 valence electrons. The third kappa shape index (κ3) is 3.37. The van der Waals surface area contributed by atoms with Gasteiger partial charge in [-0.15, -0.1) is 0 Å². The third-order valence-electron chi connectivity index (χ3n) is 2.74. The Morgan fingerprint density at radius 1 is 1.00 bits per heavy atom. The zero-order chi connectivity index (χ0) is 15.4. The molecule has 0 spiro atoms. The number of benzene rings is 1. The van der Waals surface area contributed by atoms with Crippen molar-refractivity contribution in [3.8, 4) is 11.5 Å². The van der Waals surface area contributed by atoms with Gasteiger partial charge in [-0.2, -0.15) is 0 Å².